The molecular weight excluding hydrogens is 232 g/mol. The molecule has 0 atom stereocenters. The van der Waals surface area contributed by atoms with Gasteiger partial charge in [-0.25, -0.2) is 14.8 Å². The largest absolute Gasteiger partial charge is 0.478 e. The molecule has 0 bridgehead atoms. The number of carboxylic acids is 1. The third kappa shape index (κ3) is 1.77. The fraction of sp³-hybridized carbons (Fsp3) is 0.100. The van der Waals surface area contributed by atoms with E-state index in [0.29, 0.717) is 11.5 Å². The predicted octanol–water partition coefficient (Wildman–Crippen LogP) is 2.40. The average Bonchev–Trinajstić information content (AvgIpc) is 2.67. The second kappa shape index (κ2) is 3.94. The highest BCUT2D eigenvalue weighted by atomic mass is 35.5. The van der Waals surface area contributed by atoms with Gasteiger partial charge in [0.1, 0.15) is 11.3 Å². The molecule has 5 nitrogen and oxygen atoms in total. The molecule has 2 heterocycles. The SMILES string of the molecule is Cc1nc(Cl)nc(-c2ccco2)c1C(=O)O. The molecule has 6 heteroatoms. The molecule has 0 radical (unpaired) electrons. The summed E-state index contributed by atoms with van der Waals surface area (Å²) in [5, 5.41) is 9.07. The Morgan fingerprint density at radius 2 is 2.25 bits per heavy atom. The molecule has 0 spiro atoms. The lowest BCUT2D eigenvalue weighted by molar-refractivity contribution is 0.0696. The first-order chi connectivity index (χ1) is 7.59. The summed E-state index contributed by atoms with van der Waals surface area (Å²) in [5.74, 6) is -0.759. The van der Waals surface area contributed by atoms with Gasteiger partial charge in [-0.3, -0.25) is 0 Å². The predicted molar refractivity (Wildman–Crippen MR) is 56.4 cm³/mol. The van der Waals surface area contributed by atoms with Crippen LogP contribution in [0, 0.1) is 6.92 Å². The molecule has 0 aromatic carbocycles. The number of hydrogen-bond donors (Lipinski definition) is 1. The smallest absolute Gasteiger partial charge is 0.339 e. The van der Waals surface area contributed by atoms with Gasteiger partial charge in [-0.15, -0.1) is 0 Å². The van der Waals surface area contributed by atoms with E-state index in [1.807, 2.05) is 0 Å². The number of aromatic nitrogens is 2. The fourth-order valence-electron chi connectivity index (χ4n) is 1.39. The average molecular weight is 239 g/mol. The third-order valence-electron chi connectivity index (χ3n) is 2.03. The van der Waals surface area contributed by atoms with Crippen molar-refractivity contribution in [1.82, 2.24) is 9.97 Å². The van der Waals surface area contributed by atoms with Crippen LogP contribution in [0.4, 0.5) is 0 Å². The number of carboxylic acid groups (broad SMARTS) is 1. The van der Waals surface area contributed by atoms with E-state index >= 15 is 0 Å². The van der Waals surface area contributed by atoms with Crippen LogP contribution in [0.25, 0.3) is 11.5 Å². The molecule has 16 heavy (non-hydrogen) atoms. The van der Waals surface area contributed by atoms with Gasteiger partial charge >= 0.3 is 5.97 Å². The Balaban J connectivity index is 2.72. The Morgan fingerprint density at radius 1 is 1.50 bits per heavy atom. The van der Waals surface area contributed by atoms with Crippen LogP contribution in [0.15, 0.2) is 22.8 Å². The van der Waals surface area contributed by atoms with Crippen LogP contribution in [-0.2, 0) is 0 Å². The van der Waals surface area contributed by atoms with Crippen molar-refractivity contribution in [3.8, 4) is 11.5 Å². The fourth-order valence-corrected chi connectivity index (χ4v) is 1.60. The van der Waals surface area contributed by atoms with Crippen LogP contribution in [0.2, 0.25) is 5.28 Å². The number of hydrogen-bond acceptors (Lipinski definition) is 4. The minimum absolute atomic E-state index is 0.000602. The zero-order valence-electron chi connectivity index (χ0n) is 8.27. The van der Waals surface area contributed by atoms with Gasteiger partial charge in [-0.1, -0.05) is 0 Å². The number of halogens is 1. The maximum absolute atomic E-state index is 11.1. The molecule has 0 saturated heterocycles. The molecule has 1 N–H and O–H groups in total. The van der Waals surface area contributed by atoms with Crippen molar-refractivity contribution in [2.45, 2.75) is 6.92 Å². The number of nitrogens with zero attached hydrogens (tertiary/aromatic N) is 2. The Morgan fingerprint density at radius 3 is 2.81 bits per heavy atom. The van der Waals surface area contributed by atoms with Crippen molar-refractivity contribution in [3.63, 3.8) is 0 Å². The van der Waals surface area contributed by atoms with E-state index in [0.717, 1.165) is 0 Å². The maximum Gasteiger partial charge on any atom is 0.339 e. The summed E-state index contributed by atoms with van der Waals surface area (Å²) in [4.78, 5) is 18.8. The molecule has 2 aromatic heterocycles. The minimum Gasteiger partial charge on any atom is -0.478 e. The Bertz CT molecular complexity index is 537. The van der Waals surface area contributed by atoms with Crippen LogP contribution < -0.4 is 0 Å². The topological polar surface area (TPSA) is 76.2 Å². The van der Waals surface area contributed by atoms with Gasteiger partial charge in [0.25, 0.3) is 0 Å². The summed E-state index contributed by atoms with van der Waals surface area (Å²) in [6.45, 7) is 1.56. The first-order valence-electron chi connectivity index (χ1n) is 4.41. The van der Waals surface area contributed by atoms with Crippen LogP contribution in [-0.4, -0.2) is 21.0 Å². The molecular formula is C10H7ClN2O3. The first-order valence-corrected chi connectivity index (χ1v) is 4.78. The first kappa shape index (κ1) is 10.6. The van der Waals surface area contributed by atoms with Gasteiger partial charge in [0.05, 0.1) is 12.0 Å². The van der Waals surface area contributed by atoms with Gasteiger partial charge < -0.3 is 9.52 Å². The molecule has 0 aliphatic carbocycles. The zero-order chi connectivity index (χ0) is 11.7. The lowest BCUT2D eigenvalue weighted by Gasteiger charge is -2.05. The van der Waals surface area contributed by atoms with E-state index in [-0.39, 0.29) is 16.5 Å². The molecule has 2 aromatic rings. The number of carbonyl (C=O) groups is 1. The van der Waals surface area contributed by atoms with Gasteiger partial charge in [0.15, 0.2) is 5.76 Å². The monoisotopic (exact) mass is 238 g/mol. The Hall–Kier alpha value is -1.88. The van der Waals surface area contributed by atoms with Crippen molar-refractivity contribution < 1.29 is 14.3 Å². The molecule has 0 amide bonds. The van der Waals surface area contributed by atoms with E-state index in [9.17, 15) is 4.79 Å². The van der Waals surface area contributed by atoms with Gasteiger partial charge in [-0.05, 0) is 30.7 Å². The van der Waals surface area contributed by atoms with Crippen LogP contribution in [0.5, 0.6) is 0 Å². The minimum atomic E-state index is -1.11. The van der Waals surface area contributed by atoms with E-state index in [4.69, 9.17) is 21.1 Å². The highest BCUT2D eigenvalue weighted by Gasteiger charge is 2.20. The number of rotatable bonds is 2. The van der Waals surface area contributed by atoms with E-state index < -0.39 is 5.97 Å². The molecule has 0 fully saturated rings. The normalized spacial score (nSPS) is 10.4. The zero-order valence-corrected chi connectivity index (χ0v) is 9.02. The number of aromatic carboxylic acids is 1. The van der Waals surface area contributed by atoms with Crippen molar-refractivity contribution in [2.24, 2.45) is 0 Å². The highest BCUT2D eigenvalue weighted by molar-refractivity contribution is 6.28. The van der Waals surface area contributed by atoms with Crippen molar-refractivity contribution in [2.75, 3.05) is 0 Å². The maximum atomic E-state index is 11.1. The van der Waals surface area contributed by atoms with E-state index in [1.165, 1.54) is 6.26 Å². The van der Waals surface area contributed by atoms with Crippen molar-refractivity contribution in [1.29, 1.82) is 0 Å². The van der Waals surface area contributed by atoms with Crippen LogP contribution in [0.1, 0.15) is 16.1 Å². The second-order valence-electron chi connectivity index (χ2n) is 3.08. The second-order valence-corrected chi connectivity index (χ2v) is 3.42. The summed E-state index contributed by atoms with van der Waals surface area (Å²) in [6.07, 6.45) is 1.44. The number of aryl methyl sites for hydroxylation is 1. The summed E-state index contributed by atoms with van der Waals surface area (Å²) >= 11 is 5.69. The molecule has 0 aliphatic rings. The lowest BCUT2D eigenvalue weighted by atomic mass is 10.1. The van der Waals surface area contributed by atoms with Gasteiger partial charge in [0.2, 0.25) is 5.28 Å². The summed E-state index contributed by atoms with van der Waals surface area (Å²) in [7, 11) is 0. The lowest BCUT2D eigenvalue weighted by Crippen LogP contribution is -2.07. The Kier molecular flexibility index (Phi) is 2.62. The molecule has 82 valence electrons. The summed E-state index contributed by atoms with van der Waals surface area (Å²) < 4.78 is 5.11. The highest BCUT2D eigenvalue weighted by Crippen LogP contribution is 2.25. The molecule has 2 rings (SSSR count). The van der Waals surface area contributed by atoms with Gasteiger partial charge in [0, 0.05) is 0 Å². The molecule has 0 aliphatic heterocycles. The van der Waals surface area contributed by atoms with E-state index in [1.54, 1.807) is 19.1 Å². The molecule has 0 saturated carbocycles. The number of furan rings is 1. The quantitative estimate of drug-likeness (QED) is 0.813. The third-order valence-corrected chi connectivity index (χ3v) is 2.20. The van der Waals surface area contributed by atoms with Crippen molar-refractivity contribution >= 4 is 17.6 Å². The Labute approximate surface area is 95.7 Å². The van der Waals surface area contributed by atoms with Crippen LogP contribution >= 0.6 is 11.6 Å². The van der Waals surface area contributed by atoms with Crippen LogP contribution in [0.3, 0.4) is 0 Å². The summed E-state index contributed by atoms with van der Waals surface area (Å²) in [6, 6.07) is 3.26. The van der Waals surface area contributed by atoms with Crippen molar-refractivity contribution in [3.05, 3.63) is 34.9 Å². The van der Waals surface area contributed by atoms with E-state index in [2.05, 4.69) is 9.97 Å². The van der Waals surface area contributed by atoms with Gasteiger partial charge in [-0.2, -0.15) is 0 Å². The summed E-state index contributed by atoms with van der Waals surface area (Å²) in [5.41, 5.74) is 0.494. The standard InChI is InChI=1S/C10H7ClN2O3/c1-5-7(9(14)15)8(13-10(11)12-5)6-3-2-4-16-6/h2-4H,1H3,(H,14,15). The molecule has 0 unspecified atom stereocenters.